The van der Waals surface area contributed by atoms with E-state index in [0.29, 0.717) is 12.8 Å². The molecular weight excluding hydrogens is 298 g/mol. The highest BCUT2D eigenvalue weighted by Crippen LogP contribution is 2.34. The number of nitrogens with zero attached hydrogens (tertiary/aromatic N) is 2. The van der Waals surface area contributed by atoms with Crippen molar-refractivity contribution < 1.29 is 4.79 Å². The van der Waals surface area contributed by atoms with Gasteiger partial charge in [-0.25, -0.2) is 4.68 Å². The third-order valence-corrected chi connectivity index (χ3v) is 4.38. The Labute approximate surface area is 141 Å². The average Bonchev–Trinajstić information content (AvgIpc) is 3.01. The van der Waals surface area contributed by atoms with Gasteiger partial charge in [0.25, 0.3) is 0 Å². The van der Waals surface area contributed by atoms with Gasteiger partial charge in [0.05, 0.1) is 11.9 Å². The van der Waals surface area contributed by atoms with Crippen LogP contribution in [0.15, 0.2) is 60.9 Å². The standard InChI is InChI=1S/C20H19N3O/c1-14-10-18(24)11-15-6-5-9-19(20(15)22-14)16-12-21-23(13-16)17-7-3-2-4-8-17/h2-9,12-14,22H,10-11H2,1H3/t14-/m1/s1. The van der Waals surface area contributed by atoms with E-state index in [0.717, 1.165) is 28.1 Å². The molecule has 0 radical (unpaired) electrons. The van der Waals surface area contributed by atoms with Crippen LogP contribution >= 0.6 is 0 Å². The van der Waals surface area contributed by atoms with Crippen LogP contribution in [0.5, 0.6) is 0 Å². The molecule has 24 heavy (non-hydrogen) atoms. The molecule has 0 spiro atoms. The zero-order chi connectivity index (χ0) is 16.5. The summed E-state index contributed by atoms with van der Waals surface area (Å²) in [6, 6.07) is 16.3. The molecule has 1 aromatic heterocycles. The zero-order valence-corrected chi connectivity index (χ0v) is 13.6. The van der Waals surface area contributed by atoms with E-state index in [9.17, 15) is 4.79 Å². The minimum atomic E-state index is 0.143. The van der Waals surface area contributed by atoms with Crippen molar-refractivity contribution in [1.82, 2.24) is 9.78 Å². The van der Waals surface area contributed by atoms with Crippen LogP contribution in [-0.2, 0) is 11.2 Å². The molecule has 0 unspecified atom stereocenters. The van der Waals surface area contributed by atoms with Crippen molar-refractivity contribution in [3.8, 4) is 16.8 Å². The van der Waals surface area contributed by atoms with Gasteiger partial charge in [0.1, 0.15) is 5.78 Å². The number of aromatic nitrogens is 2. The predicted octanol–water partition coefficient (Wildman–Crippen LogP) is 3.86. The lowest BCUT2D eigenvalue weighted by atomic mass is 10.00. The van der Waals surface area contributed by atoms with E-state index in [4.69, 9.17) is 0 Å². The van der Waals surface area contributed by atoms with Gasteiger partial charge in [-0.05, 0) is 24.6 Å². The lowest BCUT2D eigenvalue weighted by molar-refractivity contribution is -0.118. The van der Waals surface area contributed by atoms with E-state index in [1.807, 2.05) is 59.5 Å². The van der Waals surface area contributed by atoms with Crippen LogP contribution in [0, 0.1) is 0 Å². The number of hydrogen-bond donors (Lipinski definition) is 1. The summed E-state index contributed by atoms with van der Waals surface area (Å²) in [7, 11) is 0. The van der Waals surface area contributed by atoms with Crippen LogP contribution in [-0.4, -0.2) is 21.6 Å². The normalized spacial score (nSPS) is 17.0. The Kier molecular flexibility index (Phi) is 3.65. The molecule has 4 nitrogen and oxygen atoms in total. The van der Waals surface area contributed by atoms with E-state index in [1.165, 1.54) is 0 Å². The van der Waals surface area contributed by atoms with Gasteiger partial charge in [-0.15, -0.1) is 0 Å². The molecule has 3 aromatic rings. The van der Waals surface area contributed by atoms with Crippen LogP contribution in [0.3, 0.4) is 0 Å². The van der Waals surface area contributed by atoms with Crippen molar-refractivity contribution in [2.24, 2.45) is 0 Å². The van der Waals surface area contributed by atoms with Gasteiger partial charge in [0.15, 0.2) is 0 Å². The van der Waals surface area contributed by atoms with Crippen molar-refractivity contribution in [1.29, 1.82) is 0 Å². The molecule has 0 aliphatic carbocycles. The molecule has 4 heteroatoms. The van der Waals surface area contributed by atoms with Crippen LogP contribution in [0.2, 0.25) is 0 Å². The Bertz CT molecular complexity index is 883. The molecular formula is C20H19N3O. The summed E-state index contributed by atoms with van der Waals surface area (Å²) in [5, 5.41) is 8.00. The molecule has 0 saturated carbocycles. The number of hydrogen-bond acceptors (Lipinski definition) is 3. The van der Waals surface area contributed by atoms with Gasteiger partial charge in [-0.1, -0.05) is 36.4 Å². The summed E-state index contributed by atoms with van der Waals surface area (Å²) >= 11 is 0. The number of ketones is 1. The Balaban J connectivity index is 1.77. The lowest BCUT2D eigenvalue weighted by Gasteiger charge is -2.16. The maximum Gasteiger partial charge on any atom is 0.139 e. The van der Waals surface area contributed by atoms with Gasteiger partial charge in [0.2, 0.25) is 0 Å². The molecule has 2 heterocycles. The zero-order valence-electron chi connectivity index (χ0n) is 13.6. The molecule has 0 bridgehead atoms. The van der Waals surface area contributed by atoms with Crippen molar-refractivity contribution >= 4 is 11.5 Å². The maximum absolute atomic E-state index is 12.0. The lowest BCUT2D eigenvalue weighted by Crippen LogP contribution is -2.17. The number of rotatable bonds is 2. The summed E-state index contributed by atoms with van der Waals surface area (Å²) in [4.78, 5) is 12.0. The predicted molar refractivity (Wildman–Crippen MR) is 95.4 cm³/mol. The first kappa shape index (κ1) is 14.7. The number of carbonyl (C=O) groups excluding carboxylic acids is 1. The average molecular weight is 317 g/mol. The van der Waals surface area contributed by atoms with Crippen LogP contribution < -0.4 is 5.32 Å². The summed E-state index contributed by atoms with van der Waals surface area (Å²) in [6.45, 7) is 2.05. The Morgan fingerprint density at radius 3 is 2.79 bits per heavy atom. The molecule has 1 N–H and O–H groups in total. The van der Waals surface area contributed by atoms with Crippen molar-refractivity contribution in [3.05, 3.63) is 66.5 Å². The number of para-hydroxylation sites is 2. The summed E-state index contributed by atoms with van der Waals surface area (Å²) < 4.78 is 1.88. The van der Waals surface area contributed by atoms with Gasteiger partial charge in [-0.2, -0.15) is 5.10 Å². The maximum atomic E-state index is 12.0. The fourth-order valence-electron chi connectivity index (χ4n) is 3.27. The Morgan fingerprint density at radius 1 is 1.12 bits per heavy atom. The molecule has 0 fully saturated rings. The molecule has 0 saturated heterocycles. The third kappa shape index (κ3) is 2.71. The smallest absolute Gasteiger partial charge is 0.139 e. The summed E-state index contributed by atoms with van der Waals surface area (Å²) in [5.41, 5.74) is 5.29. The number of benzene rings is 2. The fourth-order valence-corrected chi connectivity index (χ4v) is 3.27. The molecule has 1 aliphatic heterocycles. The van der Waals surface area contributed by atoms with E-state index in [-0.39, 0.29) is 11.8 Å². The minimum absolute atomic E-state index is 0.143. The monoisotopic (exact) mass is 317 g/mol. The number of carbonyl (C=O) groups is 1. The molecule has 4 rings (SSSR count). The fraction of sp³-hybridized carbons (Fsp3) is 0.200. The van der Waals surface area contributed by atoms with Gasteiger partial charge in [-0.3, -0.25) is 4.79 Å². The van der Waals surface area contributed by atoms with E-state index in [1.54, 1.807) is 0 Å². The van der Waals surface area contributed by atoms with Crippen molar-refractivity contribution in [2.45, 2.75) is 25.8 Å². The number of fused-ring (bicyclic) bond motifs is 1. The summed E-state index contributed by atoms with van der Waals surface area (Å²) in [6.07, 6.45) is 4.97. The molecule has 120 valence electrons. The second-order valence-electron chi connectivity index (χ2n) is 6.31. The highest BCUT2D eigenvalue weighted by molar-refractivity contribution is 5.89. The van der Waals surface area contributed by atoms with E-state index < -0.39 is 0 Å². The quantitative estimate of drug-likeness (QED) is 0.781. The van der Waals surface area contributed by atoms with Gasteiger partial charge in [0, 0.05) is 41.9 Å². The topological polar surface area (TPSA) is 46.9 Å². The van der Waals surface area contributed by atoms with Crippen LogP contribution in [0.4, 0.5) is 5.69 Å². The van der Waals surface area contributed by atoms with Gasteiger partial charge >= 0.3 is 0 Å². The number of Topliss-reactive ketones (excluding diaryl/α,β-unsaturated/α-hetero) is 1. The summed E-state index contributed by atoms with van der Waals surface area (Å²) in [5.74, 6) is 0.283. The minimum Gasteiger partial charge on any atom is -0.381 e. The second-order valence-corrected chi connectivity index (χ2v) is 6.31. The van der Waals surface area contributed by atoms with E-state index >= 15 is 0 Å². The first-order valence-corrected chi connectivity index (χ1v) is 8.21. The molecule has 0 amide bonds. The molecule has 1 atom stereocenters. The highest BCUT2D eigenvalue weighted by Gasteiger charge is 2.21. The first-order chi connectivity index (χ1) is 11.7. The van der Waals surface area contributed by atoms with Crippen molar-refractivity contribution in [2.75, 3.05) is 5.32 Å². The largest absolute Gasteiger partial charge is 0.381 e. The third-order valence-electron chi connectivity index (χ3n) is 4.38. The van der Waals surface area contributed by atoms with Crippen LogP contribution in [0.25, 0.3) is 16.8 Å². The molecule has 1 aliphatic rings. The molecule has 2 aromatic carbocycles. The number of anilines is 1. The Morgan fingerprint density at radius 2 is 1.96 bits per heavy atom. The second kappa shape index (κ2) is 5.96. The van der Waals surface area contributed by atoms with E-state index in [2.05, 4.69) is 23.4 Å². The van der Waals surface area contributed by atoms with Gasteiger partial charge < -0.3 is 5.32 Å². The SMILES string of the molecule is C[C@@H]1CC(=O)Cc2cccc(-c3cnn(-c4ccccc4)c3)c2N1. The Hall–Kier alpha value is -2.88. The first-order valence-electron chi connectivity index (χ1n) is 8.21. The van der Waals surface area contributed by atoms with Crippen LogP contribution in [0.1, 0.15) is 18.9 Å². The van der Waals surface area contributed by atoms with Crippen molar-refractivity contribution in [3.63, 3.8) is 0 Å². The highest BCUT2D eigenvalue weighted by atomic mass is 16.1. The number of nitrogens with one attached hydrogen (secondary N) is 1.